The summed E-state index contributed by atoms with van der Waals surface area (Å²) in [4.78, 5) is 12.3. The monoisotopic (exact) mass is 360 g/mol. The van der Waals surface area contributed by atoms with Gasteiger partial charge in [-0.05, 0) is 30.4 Å². The molecule has 0 amide bonds. The summed E-state index contributed by atoms with van der Waals surface area (Å²) in [5.74, 6) is 0.866. The third kappa shape index (κ3) is 3.15. The molecule has 26 heavy (non-hydrogen) atoms. The summed E-state index contributed by atoms with van der Waals surface area (Å²) in [6, 6.07) is 5.71. The molecule has 0 aromatic heterocycles. The first-order valence-electron chi connectivity index (χ1n) is 7.69. The smallest absolute Gasteiger partial charge is 0.231 e. The van der Waals surface area contributed by atoms with Gasteiger partial charge in [-0.3, -0.25) is 4.79 Å². The third-order valence-electron chi connectivity index (χ3n) is 3.87. The second-order valence-electron chi connectivity index (χ2n) is 5.31. The quantitative estimate of drug-likeness (QED) is 0.581. The van der Waals surface area contributed by atoms with Crippen LogP contribution < -0.4 is 23.7 Å². The lowest BCUT2D eigenvalue weighted by atomic mass is 10.1. The number of methoxy groups -OCH3 is 3. The van der Waals surface area contributed by atoms with Crippen LogP contribution in [0.4, 0.5) is 4.39 Å². The molecule has 0 saturated heterocycles. The van der Waals surface area contributed by atoms with Gasteiger partial charge in [0.2, 0.25) is 18.3 Å². The van der Waals surface area contributed by atoms with Crippen molar-refractivity contribution in [2.45, 2.75) is 0 Å². The van der Waals surface area contributed by atoms with Gasteiger partial charge in [0.25, 0.3) is 0 Å². The Morgan fingerprint density at radius 1 is 1.08 bits per heavy atom. The van der Waals surface area contributed by atoms with E-state index < -0.39 is 11.6 Å². The van der Waals surface area contributed by atoms with Crippen molar-refractivity contribution < 1.29 is 32.9 Å². The van der Waals surface area contributed by atoms with E-state index in [9.17, 15) is 9.18 Å². The molecule has 1 heterocycles. The predicted molar refractivity (Wildman–Crippen MR) is 92.0 cm³/mol. The molecule has 1 aliphatic heterocycles. The van der Waals surface area contributed by atoms with Crippen molar-refractivity contribution in [3.8, 4) is 28.7 Å². The van der Waals surface area contributed by atoms with E-state index in [0.717, 1.165) is 6.07 Å². The molecule has 136 valence electrons. The van der Waals surface area contributed by atoms with Crippen LogP contribution in [-0.2, 0) is 0 Å². The zero-order chi connectivity index (χ0) is 18.7. The number of carbonyl (C=O) groups excluding carboxylic acids is 1. The Morgan fingerprint density at radius 3 is 2.50 bits per heavy atom. The Hall–Kier alpha value is -3.22. The lowest BCUT2D eigenvalue weighted by Gasteiger charge is -2.11. The molecule has 3 rings (SSSR count). The van der Waals surface area contributed by atoms with Crippen LogP contribution in [0.25, 0.3) is 6.08 Å². The van der Waals surface area contributed by atoms with Gasteiger partial charge in [-0.2, -0.15) is 0 Å². The van der Waals surface area contributed by atoms with E-state index in [0.29, 0.717) is 34.3 Å². The normalized spacial score (nSPS) is 12.3. The summed E-state index contributed by atoms with van der Waals surface area (Å²) in [6.07, 6.45) is 2.76. The van der Waals surface area contributed by atoms with Crippen LogP contribution >= 0.6 is 0 Å². The standard InChI is InChI=1S/C19H17FO6/c1-22-12-5-6-13(14(20)9-12)15(21)7-4-11-8-16(23-2)18-19(17(11)24-3)26-10-25-18/h4-9H,10H2,1-3H3. The molecule has 0 bridgehead atoms. The number of benzene rings is 2. The lowest BCUT2D eigenvalue weighted by Crippen LogP contribution is -1.99. The van der Waals surface area contributed by atoms with Gasteiger partial charge in [-0.25, -0.2) is 4.39 Å². The minimum atomic E-state index is -0.658. The molecule has 2 aromatic carbocycles. The van der Waals surface area contributed by atoms with Crippen molar-refractivity contribution in [2.24, 2.45) is 0 Å². The van der Waals surface area contributed by atoms with Gasteiger partial charge in [0.1, 0.15) is 11.6 Å². The van der Waals surface area contributed by atoms with Crippen LogP contribution in [0.15, 0.2) is 30.3 Å². The van der Waals surface area contributed by atoms with Crippen molar-refractivity contribution in [1.82, 2.24) is 0 Å². The number of hydrogen-bond donors (Lipinski definition) is 0. The molecule has 1 aliphatic rings. The molecule has 0 N–H and O–H groups in total. The first kappa shape index (κ1) is 17.6. The van der Waals surface area contributed by atoms with Gasteiger partial charge in [0, 0.05) is 11.6 Å². The summed E-state index contributed by atoms with van der Waals surface area (Å²) < 4.78 is 40.4. The SMILES string of the molecule is COc1ccc(C(=O)C=Cc2cc(OC)c3c(c2OC)OCO3)c(F)c1. The number of carbonyl (C=O) groups is 1. The average Bonchev–Trinajstić information content (AvgIpc) is 3.14. The van der Waals surface area contributed by atoms with E-state index in [1.807, 2.05) is 0 Å². The molecule has 7 heteroatoms. The van der Waals surface area contributed by atoms with Gasteiger partial charge in [0.05, 0.1) is 26.9 Å². The van der Waals surface area contributed by atoms with E-state index in [1.54, 1.807) is 6.07 Å². The highest BCUT2D eigenvalue weighted by Crippen LogP contribution is 2.49. The fourth-order valence-corrected chi connectivity index (χ4v) is 2.60. The predicted octanol–water partition coefficient (Wildman–Crippen LogP) is 3.48. The molecule has 2 aromatic rings. The Bertz CT molecular complexity index is 875. The second-order valence-corrected chi connectivity index (χ2v) is 5.31. The summed E-state index contributed by atoms with van der Waals surface area (Å²) in [6.45, 7) is 0.0468. The van der Waals surface area contributed by atoms with Gasteiger partial charge in [-0.1, -0.05) is 0 Å². The van der Waals surface area contributed by atoms with Gasteiger partial charge in [0.15, 0.2) is 17.3 Å². The molecule has 0 aliphatic carbocycles. The van der Waals surface area contributed by atoms with E-state index in [1.165, 1.54) is 45.6 Å². The lowest BCUT2D eigenvalue weighted by molar-refractivity contribution is 0.104. The Balaban J connectivity index is 1.94. The maximum absolute atomic E-state index is 14.0. The van der Waals surface area contributed by atoms with Crippen molar-refractivity contribution >= 4 is 11.9 Å². The summed E-state index contributed by atoms with van der Waals surface area (Å²) in [5, 5.41) is 0. The molecule has 6 nitrogen and oxygen atoms in total. The van der Waals surface area contributed by atoms with E-state index in [2.05, 4.69) is 0 Å². The van der Waals surface area contributed by atoms with Gasteiger partial charge < -0.3 is 23.7 Å². The zero-order valence-corrected chi connectivity index (χ0v) is 14.5. The zero-order valence-electron chi connectivity index (χ0n) is 14.5. The molecule has 0 atom stereocenters. The van der Waals surface area contributed by atoms with Crippen molar-refractivity contribution in [3.05, 3.63) is 47.3 Å². The van der Waals surface area contributed by atoms with Crippen LogP contribution in [0.5, 0.6) is 28.7 Å². The number of allylic oxidation sites excluding steroid dienone is 1. The summed E-state index contributed by atoms with van der Waals surface area (Å²) in [5.41, 5.74) is 0.476. The molecule has 0 radical (unpaired) electrons. The van der Waals surface area contributed by atoms with Crippen molar-refractivity contribution in [3.63, 3.8) is 0 Å². The largest absolute Gasteiger partial charge is 0.497 e. The number of hydrogen-bond acceptors (Lipinski definition) is 6. The molecule has 0 spiro atoms. The Labute approximate surface area is 149 Å². The molecular formula is C19H17FO6. The maximum Gasteiger partial charge on any atom is 0.231 e. The number of halogens is 1. The van der Waals surface area contributed by atoms with Crippen LogP contribution in [0.2, 0.25) is 0 Å². The topological polar surface area (TPSA) is 63.2 Å². The summed E-state index contributed by atoms with van der Waals surface area (Å²) in [7, 11) is 4.40. The minimum Gasteiger partial charge on any atom is -0.497 e. The number of ketones is 1. The number of ether oxygens (including phenoxy) is 5. The molecule has 0 unspecified atom stereocenters. The van der Waals surface area contributed by atoms with Crippen molar-refractivity contribution in [2.75, 3.05) is 28.1 Å². The summed E-state index contributed by atoms with van der Waals surface area (Å²) >= 11 is 0. The molecule has 0 saturated carbocycles. The number of rotatable bonds is 6. The van der Waals surface area contributed by atoms with Crippen LogP contribution in [0.3, 0.4) is 0 Å². The van der Waals surface area contributed by atoms with Crippen LogP contribution in [-0.4, -0.2) is 33.9 Å². The highest BCUT2D eigenvalue weighted by molar-refractivity contribution is 6.07. The van der Waals surface area contributed by atoms with Crippen LogP contribution in [0, 0.1) is 5.82 Å². The maximum atomic E-state index is 14.0. The first-order chi connectivity index (χ1) is 12.6. The van der Waals surface area contributed by atoms with Crippen LogP contribution in [0.1, 0.15) is 15.9 Å². The Morgan fingerprint density at radius 2 is 1.85 bits per heavy atom. The molecular weight excluding hydrogens is 343 g/mol. The Kier molecular flexibility index (Phi) is 4.97. The minimum absolute atomic E-state index is 0.0468. The third-order valence-corrected chi connectivity index (χ3v) is 3.87. The molecule has 0 fully saturated rings. The average molecular weight is 360 g/mol. The second kappa shape index (κ2) is 7.35. The fraction of sp³-hybridized carbons (Fsp3) is 0.211. The number of fused-ring (bicyclic) bond motifs is 1. The van der Waals surface area contributed by atoms with Crippen molar-refractivity contribution in [1.29, 1.82) is 0 Å². The van der Waals surface area contributed by atoms with Gasteiger partial charge >= 0.3 is 0 Å². The highest BCUT2D eigenvalue weighted by Gasteiger charge is 2.26. The fourth-order valence-electron chi connectivity index (χ4n) is 2.60. The van der Waals surface area contributed by atoms with E-state index in [4.69, 9.17) is 23.7 Å². The van der Waals surface area contributed by atoms with E-state index in [-0.39, 0.29) is 12.4 Å². The van der Waals surface area contributed by atoms with Gasteiger partial charge in [-0.15, -0.1) is 0 Å². The highest BCUT2D eigenvalue weighted by atomic mass is 19.1. The first-order valence-corrected chi connectivity index (χ1v) is 7.69. The van der Waals surface area contributed by atoms with E-state index >= 15 is 0 Å².